The fourth-order valence-corrected chi connectivity index (χ4v) is 2.93. The highest BCUT2D eigenvalue weighted by molar-refractivity contribution is 5.96. The molecule has 0 saturated heterocycles. The summed E-state index contributed by atoms with van der Waals surface area (Å²) >= 11 is 0. The third-order valence-corrected chi connectivity index (χ3v) is 4.10. The topological polar surface area (TPSA) is 114 Å². The lowest BCUT2D eigenvalue weighted by Crippen LogP contribution is -2.41. The maximum atomic E-state index is 13.5. The first-order valence-electron chi connectivity index (χ1n) is 9.12. The van der Waals surface area contributed by atoms with Crippen molar-refractivity contribution in [1.29, 1.82) is 0 Å². The summed E-state index contributed by atoms with van der Waals surface area (Å²) < 4.78 is 55.3. The average molecular weight is 447 g/mol. The second-order valence-corrected chi connectivity index (χ2v) is 6.76. The molecule has 1 aliphatic heterocycles. The summed E-state index contributed by atoms with van der Waals surface area (Å²) in [6, 6.07) is 3.22. The molecule has 170 valence electrons. The standard InChI is InChI=1S/C19H20F3NO8/c1-10-7-11(2)16-13(8-10)9-14(17(31-16)19(20,21)22)18(25)30-12(3)29-15(24)5-4-6-28-23(26)27/h7-9,12,17H,4-6H2,1-3H3/t12?,17-/m0/s1. The van der Waals surface area contributed by atoms with Crippen LogP contribution in [0.1, 0.15) is 36.5 Å². The van der Waals surface area contributed by atoms with Gasteiger partial charge in [-0.05, 0) is 38.0 Å². The van der Waals surface area contributed by atoms with Gasteiger partial charge in [-0.2, -0.15) is 13.2 Å². The molecule has 2 atom stereocenters. The van der Waals surface area contributed by atoms with E-state index in [0.717, 1.165) is 18.6 Å². The van der Waals surface area contributed by atoms with Crippen molar-refractivity contribution in [2.24, 2.45) is 0 Å². The molecular weight excluding hydrogens is 427 g/mol. The fourth-order valence-electron chi connectivity index (χ4n) is 2.93. The summed E-state index contributed by atoms with van der Waals surface area (Å²) in [6.45, 7) is 4.15. The maximum Gasteiger partial charge on any atom is 0.430 e. The third-order valence-electron chi connectivity index (χ3n) is 4.10. The van der Waals surface area contributed by atoms with Crippen molar-refractivity contribution in [3.05, 3.63) is 44.5 Å². The summed E-state index contributed by atoms with van der Waals surface area (Å²) in [5.41, 5.74) is 0.751. The van der Waals surface area contributed by atoms with E-state index in [1.54, 1.807) is 26.0 Å². The highest BCUT2D eigenvalue weighted by Crippen LogP contribution is 2.39. The lowest BCUT2D eigenvalue weighted by molar-refractivity contribution is -0.757. The average Bonchev–Trinajstić information content (AvgIpc) is 2.63. The molecule has 1 aliphatic rings. The minimum absolute atomic E-state index is 0.0147. The monoisotopic (exact) mass is 447 g/mol. The van der Waals surface area contributed by atoms with Crippen molar-refractivity contribution in [2.75, 3.05) is 6.61 Å². The summed E-state index contributed by atoms with van der Waals surface area (Å²) in [7, 11) is 0. The number of esters is 2. The van der Waals surface area contributed by atoms with Gasteiger partial charge >= 0.3 is 18.1 Å². The normalized spacial score (nSPS) is 16.3. The van der Waals surface area contributed by atoms with Gasteiger partial charge in [-0.25, -0.2) is 4.79 Å². The van der Waals surface area contributed by atoms with E-state index >= 15 is 0 Å². The molecule has 0 radical (unpaired) electrons. The van der Waals surface area contributed by atoms with Crippen LogP contribution in [0.15, 0.2) is 17.7 Å². The van der Waals surface area contributed by atoms with Crippen molar-refractivity contribution in [3.63, 3.8) is 0 Å². The molecule has 0 aliphatic carbocycles. The molecule has 0 fully saturated rings. The Labute approximate surface area is 174 Å². The third kappa shape index (κ3) is 6.59. The van der Waals surface area contributed by atoms with Crippen LogP contribution in [0, 0.1) is 24.0 Å². The second-order valence-electron chi connectivity index (χ2n) is 6.76. The Morgan fingerprint density at radius 2 is 1.94 bits per heavy atom. The Hall–Kier alpha value is -3.31. The van der Waals surface area contributed by atoms with Gasteiger partial charge in [0.25, 0.3) is 5.09 Å². The van der Waals surface area contributed by atoms with E-state index in [2.05, 4.69) is 4.84 Å². The Kier molecular flexibility index (Phi) is 7.47. The fraction of sp³-hybridized carbons (Fsp3) is 0.474. The number of carbonyl (C=O) groups excluding carboxylic acids is 2. The van der Waals surface area contributed by atoms with E-state index in [0.29, 0.717) is 11.1 Å². The van der Waals surface area contributed by atoms with Gasteiger partial charge < -0.3 is 19.0 Å². The quantitative estimate of drug-likeness (QED) is 0.196. The number of rotatable bonds is 8. The zero-order chi connectivity index (χ0) is 23.3. The molecule has 0 N–H and O–H groups in total. The van der Waals surface area contributed by atoms with Crippen LogP contribution < -0.4 is 4.74 Å². The minimum atomic E-state index is -4.89. The molecule has 0 bridgehead atoms. The number of aryl methyl sites for hydroxylation is 2. The molecule has 2 rings (SSSR count). The van der Waals surface area contributed by atoms with Crippen LogP contribution >= 0.6 is 0 Å². The largest absolute Gasteiger partial charge is 0.475 e. The Bertz CT molecular complexity index is 897. The first-order valence-corrected chi connectivity index (χ1v) is 9.12. The van der Waals surface area contributed by atoms with E-state index in [1.807, 2.05) is 0 Å². The molecule has 1 aromatic carbocycles. The lowest BCUT2D eigenvalue weighted by Gasteiger charge is -2.29. The predicted molar refractivity (Wildman–Crippen MR) is 98.2 cm³/mol. The van der Waals surface area contributed by atoms with Crippen LogP contribution in [0.25, 0.3) is 6.08 Å². The minimum Gasteiger partial charge on any atom is -0.475 e. The summed E-state index contributed by atoms with van der Waals surface area (Å²) in [5.74, 6) is -2.21. The van der Waals surface area contributed by atoms with Crippen LogP contribution in [0.4, 0.5) is 13.2 Å². The van der Waals surface area contributed by atoms with Gasteiger partial charge in [-0.15, -0.1) is 10.1 Å². The first kappa shape index (κ1) is 24.0. The van der Waals surface area contributed by atoms with Crippen molar-refractivity contribution in [1.82, 2.24) is 0 Å². The summed E-state index contributed by atoms with van der Waals surface area (Å²) in [6.07, 6.45) is -8.20. The van der Waals surface area contributed by atoms with Crippen molar-refractivity contribution in [3.8, 4) is 5.75 Å². The number of fused-ring (bicyclic) bond motifs is 1. The van der Waals surface area contributed by atoms with Crippen molar-refractivity contribution < 1.29 is 46.9 Å². The van der Waals surface area contributed by atoms with E-state index < -0.39 is 41.2 Å². The van der Waals surface area contributed by atoms with Crippen LogP contribution in [0.3, 0.4) is 0 Å². The zero-order valence-corrected chi connectivity index (χ0v) is 16.9. The zero-order valence-electron chi connectivity index (χ0n) is 16.9. The molecule has 1 unspecified atom stereocenters. The van der Waals surface area contributed by atoms with E-state index in [1.165, 1.54) is 0 Å². The van der Waals surface area contributed by atoms with Gasteiger partial charge in [-0.3, -0.25) is 4.79 Å². The van der Waals surface area contributed by atoms with Gasteiger partial charge in [-0.1, -0.05) is 11.6 Å². The number of hydrogen-bond donors (Lipinski definition) is 0. The van der Waals surface area contributed by atoms with Gasteiger partial charge in [0.1, 0.15) is 5.75 Å². The van der Waals surface area contributed by atoms with Crippen molar-refractivity contribution in [2.45, 2.75) is 52.2 Å². The number of nitrogens with zero attached hydrogens (tertiary/aromatic N) is 1. The highest BCUT2D eigenvalue weighted by atomic mass is 19.4. The SMILES string of the molecule is Cc1cc(C)c2c(c1)C=C(C(=O)OC(C)OC(=O)CCCO[N+](=O)[O-])[C@@H](C(F)(F)F)O2. The summed E-state index contributed by atoms with van der Waals surface area (Å²) in [4.78, 5) is 38.1. The Balaban J connectivity index is 2.09. The number of hydrogen-bond acceptors (Lipinski definition) is 8. The van der Waals surface area contributed by atoms with Crippen LogP contribution in [0.5, 0.6) is 5.75 Å². The second kappa shape index (κ2) is 9.67. The number of benzene rings is 1. The molecule has 9 nitrogen and oxygen atoms in total. The molecule has 0 aromatic heterocycles. The smallest absolute Gasteiger partial charge is 0.430 e. The van der Waals surface area contributed by atoms with Crippen LogP contribution in [-0.2, 0) is 23.9 Å². The van der Waals surface area contributed by atoms with Crippen LogP contribution in [-0.4, -0.2) is 42.2 Å². The molecule has 31 heavy (non-hydrogen) atoms. The highest BCUT2D eigenvalue weighted by Gasteiger charge is 2.49. The number of alkyl halides is 3. The molecule has 1 aromatic rings. The van der Waals surface area contributed by atoms with Gasteiger partial charge in [0.05, 0.1) is 12.2 Å². The molecule has 0 spiro atoms. The van der Waals surface area contributed by atoms with Crippen molar-refractivity contribution >= 4 is 18.0 Å². The Morgan fingerprint density at radius 3 is 2.55 bits per heavy atom. The van der Waals surface area contributed by atoms with Gasteiger partial charge in [0.2, 0.25) is 12.4 Å². The summed E-state index contributed by atoms with van der Waals surface area (Å²) in [5, 5.41) is 9.00. The number of ether oxygens (including phenoxy) is 3. The molecule has 0 saturated carbocycles. The molecule has 12 heteroatoms. The van der Waals surface area contributed by atoms with E-state index in [-0.39, 0.29) is 25.2 Å². The van der Waals surface area contributed by atoms with E-state index in [9.17, 15) is 32.9 Å². The predicted octanol–water partition coefficient (Wildman–Crippen LogP) is 3.43. The lowest BCUT2D eigenvalue weighted by atomic mass is 9.97. The first-order chi connectivity index (χ1) is 14.4. The van der Waals surface area contributed by atoms with Gasteiger partial charge in [0, 0.05) is 18.9 Å². The molecular formula is C19H20F3NO8. The number of halogens is 3. The van der Waals surface area contributed by atoms with Gasteiger partial charge in [0.15, 0.2) is 0 Å². The van der Waals surface area contributed by atoms with Crippen LogP contribution in [0.2, 0.25) is 0 Å². The maximum absolute atomic E-state index is 13.5. The number of carbonyl (C=O) groups is 2. The van der Waals surface area contributed by atoms with E-state index in [4.69, 9.17) is 14.2 Å². The molecule has 0 amide bonds. The Morgan fingerprint density at radius 1 is 1.26 bits per heavy atom. The molecule has 1 heterocycles.